The normalized spacial score (nSPS) is 12.5. The summed E-state index contributed by atoms with van der Waals surface area (Å²) < 4.78 is 16.1. The Labute approximate surface area is 183 Å². The van der Waals surface area contributed by atoms with Crippen LogP contribution in [0.25, 0.3) is 11.3 Å². The Morgan fingerprint density at radius 1 is 1.10 bits per heavy atom. The summed E-state index contributed by atoms with van der Waals surface area (Å²) in [6.45, 7) is 5.43. The topological polar surface area (TPSA) is 62.2 Å². The molecule has 0 aliphatic heterocycles. The molecule has 1 unspecified atom stereocenters. The van der Waals surface area contributed by atoms with Crippen LogP contribution < -0.4 is 5.32 Å². The lowest BCUT2D eigenvalue weighted by molar-refractivity contribution is -0.123. The smallest absolute Gasteiger partial charge is 0.229 e. The van der Waals surface area contributed by atoms with E-state index in [2.05, 4.69) is 10.3 Å². The summed E-state index contributed by atoms with van der Waals surface area (Å²) in [4.78, 5) is 16.7. The minimum absolute atomic E-state index is 0.0835. The third kappa shape index (κ3) is 4.64. The third-order valence-electron chi connectivity index (χ3n) is 4.51. The lowest BCUT2D eigenvalue weighted by Crippen LogP contribution is -2.27. The zero-order valence-corrected chi connectivity index (χ0v) is 18.6. The number of carbonyl (C=O) groups is 1. The van der Waals surface area contributed by atoms with Gasteiger partial charge in [0.2, 0.25) is 5.91 Å². The number of aliphatic hydroxyl groups is 1. The molecule has 150 valence electrons. The third-order valence-corrected chi connectivity index (χ3v) is 5.37. The first kappa shape index (κ1) is 21.4. The quantitative estimate of drug-likeness (QED) is 0.458. The molecular weight excluding hydrogens is 482 g/mol. The van der Waals surface area contributed by atoms with Crippen molar-refractivity contribution in [1.82, 2.24) is 4.98 Å². The standard InChI is InChI=1S/C23H22FIN2O2/c1-23(2,3)22(29)27-17-12-8-7-11-15(17)20-19(24)18(16(25)13-26-20)21(28)14-9-5-4-6-10-14/h4-13,21,28H,1-3H3,(H,27,29). The van der Waals surface area contributed by atoms with Gasteiger partial charge < -0.3 is 10.4 Å². The van der Waals surface area contributed by atoms with Gasteiger partial charge in [-0.05, 0) is 34.2 Å². The van der Waals surface area contributed by atoms with Crippen LogP contribution in [0.5, 0.6) is 0 Å². The number of nitrogens with one attached hydrogen (secondary N) is 1. The lowest BCUT2D eigenvalue weighted by atomic mass is 9.95. The highest BCUT2D eigenvalue weighted by Crippen LogP contribution is 2.35. The van der Waals surface area contributed by atoms with Crippen molar-refractivity contribution in [2.75, 3.05) is 5.32 Å². The monoisotopic (exact) mass is 504 g/mol. The van der Waals surface area contributed by atoms with Gasteiger partial charge in [-0.25, -0.2) is 4.39 Å². The maximum Gasteiger partial charge on any atom is 0.229 e. The van der Waals surface area contributed by atoms with Crippen molar-refractivity contribution in [3.63, 3.8) is 0 Å². The van der Waals surface area contributed by atoms with Crippen molar-refractivity contribution in [2.24, 2.45) is 5.41 Å². The van der Waals surface area contributed by atoms with Gasteiger partial charge >= 0.3 is 0 Å². The number of amides is 1. The van der Waals surface area contributed by atoms with E-state index in [4.69, 9.17) is 0 Å². The highest BCUT2D eigenvalue weighted by atomic mass is 127. The molecule has 0 bridgehead atoms. The highest BCUT2D eigenvalue weighted by molar-refractivity contribution is 14.1. The van der Waals surface area contributed by atoms with Crippen LogP contribution in [0, 0.1) is 14.8 Å². The van der Waals surface area contributed by atoms with Crippen LogP contribution in [-0.4, -0.2) is 16.0 Å². The molecule has 4 nitrogen and oxygen atoms in total. The number of halogens is 2. The van der Waals surface area contributed by atoms with Crippen LogP contribution in [0.2, 0.25) is 0 Å². The van der Waals surface area contributed by atoms with E-state index in [0.29, 0.717) is 20.4 Å². The first-order chi connectivity index (χ1) is 13.7. The molecule has 0 aliphatic rings. The van der Waals surface area contributed by atoms with Crippen molar-refractivity contribution in [2.45, 2.75) is 26.9 Å². The molecule has 0 saturated heterocycles. The second kappa shape index (κ2) is 8.59. The van der Waals surface area contributed by atoms with Gasteiger partial charge in [0.15, 0.2) is 5.82 Å². The molecule has 0 spiro atoms. The van der Waals surface area contributed by atoms with Gasteiger partial charge in [-0.3, -0.25) is 9.78 Å². The summed E-state index contributed by atoms with van der Waals surface area (Å²) in [6, 6.07) is 15.9. The van der Waals surface area contributed by atoms with Crippen LogP contribution in [0.3, 0.4) is 0 Å². The van der Waals surface area contributed by atoms with Gasteiger partial charge in [0, 0.05) is 26.3 Å². The number of hydrogen-bond acceptors (Lipinski definition) is 3. The molecule has 2 N–H and O–H groups in total. The minimum Gasteiger partial charge on any atom is -0.384 e. The summed E-state index contributed by atoms with van der Waals surface area (Å²) in [5.74, 6) is -0.786. The second-order valence-electron chi connectivity index (χ2n) is 7.75. The highest BCUT2D eigenvalue weighted by Gasteiger charge is 2.26. The van der Waals surface area contributed by atoms with E-state index in [-0.39, 0.29) is 17.2 Å². The van der Waals surface area contributed by atoms with Crippen molar-refractivity contribution in [3.8, 4) is 11.3 Å². The number of aliphatic hydroxyl groups excluding tert-OH is 1. The maximum atomic E-state index is 15.6. The average Bonchev–Trinajstić information content (AvgIpc) is 2.69. The predicted octanol–water partition coefficient (Wildman–Crippen LogP) is 5.56. The molecule has 0 fully saturated rings. The molecule has 0 saturated carbocycles. The Bertz CT molecular complexity index is 1030. The van der Waals surface area contributed by atoms with E-state index in [1.54, 1.807) is 48.5 Å². The Morgan fingerprint density at radius 2 is 1.72 bits per heavy atom. The van der Waals surface area contributed by atoms with Crippen LogP contribution in [0.1, 0.15) is 38.0 Å². The van der Waals surface area contributed by atoms with Crippen molar-refractivity contribution >= 4 is 34.2 Å². The average molecular weight is 504 g/mol. The largest absolute Gasteiger partial charge is 0.384 e. The van der Waals surface area contributed by atoms with Gasteiger partial charge in [0.25, 0.3) is 0 Å². The Kier molecular flexibility index (Phi) is 6.33. The molecule has 1 aromatic heterocycles. The first-order valence-electron chi connectivity index (χ1n) is 9.18. The number of anilines is 1. The fourth-order valence-corrected chi connectivity index (χ4v) is 3.50. The van der Waals surface area contributed by atoms with Gasteiger partial charge in [-0.1, -0.05) is 69.3 Å². The maximum absolute atomic E-state index is 15.6. The fraction of sp³-hybridized carbons (Fsp3) is 0.217. The van der Waals surface area contributed by atoms with E-state index in [0.717, 1.165) is 0 Å². The predicted molar refractivity (Wildman–Crippen MR) is 121 cm³/mol. The number of rotatable bonds is 4. The molecule has 0 radical (unpaired) electrons. The van der Waals surface area contributed by atoms with Crippen molar-refractivity contribution in [3.05, 3.63) is 81.3 Å². The zero-order valence-electron chi connectivity index (χ0n) is 16.4. The van der Waals surface area contributed by atoms with Gasteiger partial charge in [0.05, 0.1) is 5.69 Å². The van der Waals surface area contributed by atoms with Crippen molar-refractivity contribution in [1.29, 1.82) is 0 Å². The zero-order chi connectivity index (χ0) is 21.2. The van der Waals surface area contributed by atoms with E-state index >= 15 is 4.39 Å². The SMILES string of the molecule is CC(C)(C)C(=O)Nc1ccccc1-c1ncc(I)c(C(O)c2ccccc2)c1F. The van der Waals surface area contributed by atoms with Gasteiger partial charge in [-0.2, -0.15) is 0 Å². The van der Waals surface area contributed by atoms with Gasteiger partial charge in [0.1, 0.15) is 11.8 Å². The number of benzene rings is 2. The number of para-hydroxylation sites is 1. The lowest BCUT2D eigenvalue weighted by Gasteiger charge is -2.20. The van der Waals surface area contributed by atoms with Crippen LogP contribution in [-0.2, 0) is 4.79 Å². The fourth-order valence-electron chi connectivity index (χ4n) is 2.83. The minimum atomic E-state index is -1.12. The molecule has 2 aromatic carbocycles. The molecule has 1 heterocycles. The van der Waals surface area contributed by atoms with Crippen LogP contribution >= 0.6 is 22.6 Å². The summed E-state index contributed by atoms with van der Waals surface area (Å²) in [5.41, 5.74) is 1.18. The molecule has 29 heavy (non-hydrogen) atoms. The van der Waals surface area contributed by atoms with E-state index < -0.39 is 17.3 Å². The second-order valence-corrected chi connectivity index (χ2v) is 8.91. The number of nitrogens with zero attached hydrogens (tertiary/aromatic N) is 1. The first-order valence-corrected chi connectivity index (χ1v) is 10.3. The van der Waals surface area contributed by atoms with E-state index in [1.165, 1.54) is 6.20 Å². The molecule has 1 amide bonds. The summed E-state index contributed by atoms with van der Waals surface area (Å²) in [6.07, 6.45) is 0.407. The van der Waals surface area contributed by atoms with E-state index in [9.17, 15) is 9.90 Å². The Morgan fingerprint density at radius 3 is 2.38 bits per heavy atom. The molecule has 3 aromatic rings. The Balaban J connectivity index is 2.09. The summed E-state index contributed by atoms with van der Waals surface area (Å²) in [7, 11) is 0. The summed E-state index contributed by atoms with van der Waals surface area (Å²) in [5, 5.41) is 13.7. The molecular formula is C23H22FIN2O2. The van der Waals surface area contributed by atoms with Crippen molar-refractivity contribution < 1.29 is 14.3 Å². The molecule has 6 heteroatoms. The number of hydrogen-bond donors (Lipinski definition) is 2. The van der Waals surface area contributed by atoms with E-state index in [1.807, 2.05) is 49.4 Å². The van der Waals surface area contributed by atoms with Crippen LogP contribution in [0.15, 0.2) is 60.8 Å². The number of aromatic nitrogens is 1. The number of pyridine rings is 1. The molecule has 0 aliphatic carbocycles. The summed E-state index contributed by atoms with van der Waals surface area (Å²) >= 11 is 1.97. The molecule has 3 rings (SSSR count). The van der Waals surface area contributed by atoms with Gasteiger partial charge in [-0.15, -0.1) is 0 Å². The Hall–Kier alpha value is -2.32. The molecule has 1 atom stereocenters. The van der Waals surface area contributed by atoms with Crippen LogP contribution in [0.4, 0.5) is 10.1 Å². The number of carbonyl (C=O) groups excluding carboxylic acids is 1.